The number of carbonyl (C=O) groups excluding carboxylic acids is 1. The van der Waals surface area contributed by atoms with Crippen LogP contribution in [0.15, 0.2) is 72.9 Å². The van der Waals surface area contributed by atoms with Crippen molar-refractivity contribution >= 4 is 33.8 Å². The molecule has 30 heavy (non-hydrogen) atoms. The number of carbonyl (C=O) groups is 1. The predicted molar refractivity (Wildman–Crippen MR) is 122 cm³/mol. The number of piperidine rings is 1. The zero-order chi connectivity index (χ0) is 20.3. The van der Waals surface area contributed by atoms with Gasteiger partial charge in [0.25, 0.3) is 0 Å². The van der Waals surface area contributed by atoms with Crippen LogP contribution in [0.3, 0.4) is 0 Å². The lowest BCUT2D eigenvalue weighted by atomic mass is 9.90. The van der Waals surface area contributed by atoms with Gasteiger partial charge in [0.1, 0.15) is 0 Å². The minimum atomic E-state index is 0.0778. The van der Waals surface area contributed by atoms with Gasteiger partial charge in [-0.15, -0.1) is 0 Å². The quantitative estimate of drug-likeness (QED) is 0.482. The number of benzene rings is 2. The third-order valence-electron chi connectivity index (χ3n) is 6.10. The molecule has 0 atom stereocenters. The van der Waals surface area contributed by atoms with E-state index in [0.29, 0.717) is 5.92 Å². The standard InChI is InChI=1S/C26H25N3O/c30-26(29-14-12-20(13-15-29)16-19-6-2-1-3-7-19)11-10-21-17-23-22-8-4-5-9-24(22)28-25(23)18-27-21/h1-11,17-18,20,28H,12-16H2/b11-10+. The largest absolute Gasteiger partial charge is 0.353 e. The van der Waals surface area contributed by atoms with Gasteiger partial charge in [-0.1, -0.05) is 48.5 Å². The summed E-state index contributed by atoms with van der Waals surface area (Å²) in [5.41, 5.74) is 4.31. The van der Waals surface area contributed by atoms with Crippen molar-refractivity contribution in [3.05, 3.63) is 84.2 Å². The average Bonchev–Trinajstić information content (AvgIpc) is 3.17. The topological polar surface area (TPSA) is 49.0 Å². The molecule has 0 spiro atoms. The molecule has 1 amide bonds. The second-order valence-electron chi connectivity index (χ2n) is 8.12. The SMILES string of the molecule is O=C(/C=C/c1cc2c(cn1)[nH]c1ccccc12)N1CCC(Cc2ccccc2)CC1. The van der Waals surface area contributed by atoms with Crippen LogP contribution in [0.25, 0.3) is 27.9 Å². The first-order valence-corrected chi connectivity index (χ1v) is 10.6. The maximum absolute atomic E-state index is 12.7. The van der Waals surface area contributed by atoms with Crippen LogP contribution in [0.5, 0.6) is 0 Å². The molecule has 4 nitrogen and oxygen atoms in total. The fraction of sp³-hybridized carbons (Fsp3) is 0.231. The molecule has 0 unspecified atom stereocenters. The van der Waals surface area contributed by atoms with Gasteiger partial charge in [0, 0.05) is 35.5 Å². The van der Waals surface area contributed by atoms with Crippen molar-refractivity contribution in [2.24, 2.45) is 5.92 Å². The first-order chi connectivity index (χ1) is 14.8. The molecular weight excluding hydrogens is 370 g/mol. The summed E-state index contributed by atoms with van der Waals surface area (Å²) in [7, 11) is 0. The second-order valence-corrected chi connectivity index (χ2v) is 8.12. The van der Waals surface area contributed by atoms with Crippen molar-refractivity contribution in [3.8, 4) is 0 Å². The van der Waals surface area contributed by atoms with E-state index in [1.54, 1.807) is 6.08 Å². The number of nitrogens with one attached hydrogen (secondary N) is 1. The van der Waals surface area contributed by atoms with Crippen molar-refractivity contribution in [2.75, 3.05) is 13.1 Å². The molecule has 0 saturated carbocycles. The molecule has 2 aromatic carbocycles. The third kappa shape index (κ3) is 3.86. The van der Waals surface area contributed by atoms with Crippen molar-refractivity contribution in [1.29, 1.82) is 0 Å². The normalized spacial score (nSPS) is 15.4. The molecule has 1 N–H and O–H groups in total. The smallest absolute Gasteiger partial charge is 0.246 e. The van der Waals surface area contributed by atoms with Gasteiger partial charge < -0.3 is 9.88 Å². The van der Waals surface area contributed by atoms with Crippen LogP contribution in [0.1, 0.15) is 24.1 Å². The van der Waals surface area contributed by atoms with Crippen LogP contribution in [0, 0.1) is 5.92 Å². The Morgan fingerprint density at radius 2 is 1.77 bits per heavy atom. The van der Waals surface area contributed by atoms with E-state index in [-0.39, 0.29) is 5.91 Å². The highest BCUT2D eigenvalue weighted by Gasteiger charge is 2.21. The van der Waals surface area contributed by atoms with Crippen molar-refractivity contribution in [1.82, 2.24) is 14.9 Å². The summed E-state index contributed by atoms with van der Waals surface area (Å²) in [6.07, 6.45) is 8.57. The van der Waals surface area contributed by atoms with Crippen LogP contribution in [-0.2, 0) is 11.2 Å². The highest BCUT2D eigenvalue weighted by atomic mass is 16.2. The van der Waals surface area contributed by atoms with E-state index in [0.717, 1.165) is 54.5 Å². The van der Waals surface area contributed by atoms with Crippen molar-refractivity contribution in [2.45, 2.75) is 19.3 Å². The molecule has 150 valence electrons. The number of hydrogen-bond acceptors (Lipinski definition) is 2. The number of aromatic amines is 1. The van der Waals surface area contributed by atoms with Crippen molar-refractivity contribution < 1.29 is 4.79 Å². The van der Waals surface area contributed by atoms with E-state index < -0.39 is 0 Å². The summed E-state index contributed by atoms with van der Waals surface area (Å²) >= 11 is 0. The van der Waals surface area contributed by atoms with Gasteiger partial charge in [0.15, 0.2) is 0 Å². The molecule has 1 aliphatic rings. The molecule has 4 aromatic rings. The number of para-hydroxylation sites is 1. The molecule has 4 heteroatoms. The molecule has 1 aliphatic heterocycles. The van der Waals surface area contributed by atoms with Crippen LogP contribution in [-0.4, -0.2) is 33.9 Å². The van der Waals surface area contributed by atoms with E-state index in [4.69, 9.17) is 0 Å². The predicted octanol–water partition coefficient (Wildman–Crippen LogP) is 5.21. The Morgan fingerprint density at radius 1 is 1.00 bits per heavy atom. The van der Waals surface area contributed by atoms with E-state index in [1.165, 1.54) is 10.9 Å². The Labute approximate surface area is 176 Å². The van der Waals surface area contributed by atoms with Crippen molar-refractivity contribution in [3.63, 3.8) is 0 Å². The molecule has 1 saturated heterocycles. The Morgan fingerprint density at radius 3 is 2.60 bits per heavy atom. The lowest BCUT2D eigenvalue weighted by Gasteiger charge is -2.31. The summed E-state index contributed by atoms with van der Waals surface area (Å²) in [6.45, 7) is 1.66. The third-order valence-corrected chi connectivity index (χ3v) is 6.10. The zero-order valence-corrected chi connectivity index (χ0v) is 16.9. The summed E-state index contributed by atoms with van der Waals surface area (Å²) < 4.78 is 0. The second kappa shape index (κ2) is 8.15. The van der Waals surface area contributed by atoms with Gasteiger partial charge in [-0.3, -0.25) is 9.78 Å². The van der Waals surface area contributed by atoms with Gasteiger partial charge in [0.2, 0.25) is 5.91 Å². The maximum Gasteiger partial charge on any atom is 0.246 e. The molecule has 0 bridgehead atoms. The Bertz CT molecular complexity index is 1200. The average molecular weight is 396 g/mol. The Balaban J connectivity index is 1.23. The summed E-state index contributed by atoms with van der Waals surface area (Å²) in [5.74, 6) is 0.736. The van der Waals surface area contributed by atoms with E-state index in [9.17, 15) is 4.79 Å². The fourth-order valence-corrected chi connectivity index (χ4v) is 4.42. The molecule has 5 rings (SSSR count). The van der Waals surface area contributed by atoms with Gasteiger partial charge >= 0.3 is 0 Å². The molecule has 2 aromatic heterocycles. The van der Waals surface area contributed by atoms with Crippen LogP contribution in [0.4, 0.5) is 0 Å². The highest BCUT2D eigenvalue weighted by Crippen LogP contribution is 2.25. The fourth-order valence-electron chi connectivity index (χ4n) is 4.42. The molecule has 1 fully saturated rings. The lowest BCUT2D eigenvalue weighted by Crippen LogP contribution is -2.37. The van der Waals surface area contributed by atoms with Crippen LogP contribution in [0.2, 0.25) is 0 Å². The zero-order valence-electron chi connectivity index (χ0n) is 16.9. The van der Waals surface area contributed by atoms with Crippen LogP contribution < -0.4 is 0 Å². The van der Waals surface area contributed by atoms with E-state index in [2.05, 4.69) is 52.4 Å². The number of H-pyrrole nitrogens is 1. The number of amides is 1. The number of aromatic nitrogens is 2. The Hall–Kier alpha value is -3.40. The monoisotopic (exact) mass is 395 g/mol. The molecule has 0 radical (unpaired) electrons. The maximum atomic E-state index is 12.7. The first-order valence-electron chi connectivity index (χ1n) is 10.6. The lowest BCUT2D eigenvalue weighted by molar-refractivity contribution is -0.127. The number of likely N-dealkylation sites (tertiary alicyclic amines) is 1. The first kappa shape index (κ1) is 18.6. The van der Waals surface area contributed by atoms with E-state index in [1.807, 2.05) is 35.4 Å². The number of pyridine rings is 1. The van der Waals surface area contributed by atoms with E-state index >= 15 is 0 Å². The highest BCUT2D eigenvalue weighted by molar-refractivity contribution is 6.07. The Kier molecular flexibility index (Phi) is 5.06. The minimum absolute atomic E-state index is 0.0778. The molecular formula is C26H25N3O. The summed E-state index contributed by atoms with van der Waals surface area (Å²) in [5, 5.41) is 2.31. The molecule has 3 heterocycles. The number of nitrogens with zero attached hydrogens (tertiary/aromatic N) is 2. The summed E-state index contributed by atoms with van der Waals surface area (Å²) in [4.78, 5) is 22.5. The number of hydrogen-bond donors (Lipinski definition) is 1. The van der Waals surface area contributed by atoms with Gasteiger partial charge in [-0.25, -0.2) is 0 Å². The minimum Gasteiger partial charge on any atom is -0.353 e. The van der Waals surface area contributed by atoms with Crippen LogP contribution >= 0.6 is 0 Å². The van der Waals surface area contributed by atoms with Gasteiger partial charge in [0.05, 0.1) is 17.4 Å². The summed E-state index contributed by atoms with van der Waals surface area (Å²) in [6, 6.07) is 20.9. The van der Waals surface area contributed by atoms with Gasteiger partial charge in [-0.05, 0) is 49.0 Å². The molecule has 0 aliphatic carbocycles. The van der Waals surface area contributed by atoms with Gasteiger partial charge in [-0.2, -0.15) is 0 Å². The number of rotatable bonds is 4. The number of fused-ring (bicyclic) bond motifs is 3.